The Labute approximate surface area is 91.9 Å². The van der Waals surface area contributed by atoms with Crippen LogP contribution in [0, 0.1) is 0 Å². The van der Waals surface area contributed by atoms with E-state index in [1.54, 1.807) is 0 Å². The van der Waals surface area contributed by atoms with E-state index in [0.29, 0.717) is 4.43 Å². The number of hydrogen-bond acceptors (Lipinski definition) is 1. The Morgan fingerprint density at radius 1 is 1.46 bits per heavy atom. The highest BCUT2D eigenvalue weighted by atomic mass is 127. The third-order valence-electron chi connectivity index (χ3n) is 1.80. The van der Waals surface area contributed by atoms with Crippen LogP contribution >= 0.6 is 22.6 Å². The van der Waals surface area contributed by atoms with Crippen LogP contribution in [0.3, 0.4) is 0 Å². The van der Waals surface area contributed by atoms with Gasteiger partial charge in [0, 0.05) is 0 Å². The number of carbonyl (C=O) groups excluding carboxylic acids is 1. The number of alkyl halides is 1. The number of rotatable bonds is 3. The van der Waals surface area contributed by atoms with E-state index in [1.165, 1.54) is 0 Å². The normalized spacial score (nSPS) is 12.2. The van der Waals surface area contributed by atoms with E-state index >= 15 is 0 Å². The van der Waals surface area contributed by atoms with Crippen LogP contribution in [-0.4, -0.2) is 10.3 Å². The Kier molecular flexibility index (Phi) is 4.21. The monoisotopic (exact) mass is 289 g/mol. The van der Waals surface area contributed by atoms with Crippen molar-refractivity contribution in [3.05, 3.63) is 35.9 Å². The number of nitrogens with one attached hydrogen (secondary N) is 1. The predicted molar refractivity (Wildman–Crippen MR) is 61.9 cm³/mol. The molecule has 0 aromatic heterocycles. The number of carbonyl (C=O) groups is 1. The van der Waals surface area contributed by atoms with E-state index in [1.807, 2.05) is 37.3 Å². The quantitative estimate of drug-likeness (QED) is 0.671. The summed E-state index contributed by atoms with van der Waals surface area (Å²) in [6, 6.07) is 10.0. The molecule has 0 heterocycles. The molecule has 2 nitrogen and oxygen atoms in total. The lowest BCUT2D eigenvalue weighted by Crippen LogP contribution is -2.27. The molecule has 3 heteroatoms. The van der Waals surface area contributed by atoms with Gasteiger partial charge in [0.05, 0.1) is 10.5 Å². The Bertz CT molecular complexity index is 274. The molecule has 1 N–H and O–H groups in total. The predicted octanol–water partition coefficient (Wildman–Crippen LogP) is 2.30. The maximum absolute atomic E-state index is 11.1. The molecule has 1 amide bonds. The van der Waals surface area contributed by atoms with Crippen molar-refractivity contribution in [1.82, 2.24) is 5.32 Å². The summed E-state index contributed by atoms with van der Waals surface area (Å²) in [6.07, 6.45) is 0. The lowest BCUT2D eigenvalue weighted by atomic mass is 10.1. The molecule has 0 spiro atoms. The van der Waals surface area contributed by atoms with Gasteiger partial charge in [0.15, 0.2) is 0 Å². The molecule has 0 saturated carbocycles. The van der Waals surface area contributed by atoms with Crippen LogP contribution in [-0.2, 0) is 4.79 Å². The van der Waals surface area contributed by atoms with Crippen LogP contribution in [0.1, 0.15) is 18.5 Å². The highest BCUT2D eigenvalue weighted by Crippen LogP contribution is 2.10. The van der Waals surface area contributed by atoms with E-state index < -0.39 is 0 Å². The first-order chi connectivity index (χ1) is 6.24. The van der Waals surface area contributed by atoms with Gasteiger partial charge in [-0.25, -0.2) is 0 Å². The fourth-order valence-electron chi connectivity index (χ4n) is 1.11. The van der Waals surface area contributed by atoms with Crippen molar-refractivity contribution in [2.45, 2.75) is 13.0 Å². The van der Waals surface area contributed by atoms with Crippen LogP contribution in [0.25, 0.3) is 0 Å². The largest absolute Gasteiger partial charge is 0.349 e. The second kappa shape index (κ2) is 5.21. The Hall–Kier alpha value is -0.580. The summed E-state index contributed by atoms with van der Waals surface area (Å²) >= 11 is 2.05. The number of hydrogen-bond donors (Lipinski definition) is 1. The minimum absolute atomic E-state index is 0.0805. The summed E-state index contributed by atoms with van der Waals surface area (Å²) in [4.78, 5) is 11.1. The fraction of sp³-hybridized carbons (Fsp3) is 0.300. The van der Waals surface area contributed by atoms with E-state index in [2.05, 4.69) is 27.9 Å². The van der Waals surface area contributed by atoms with Gasteiger partial charge in [-0.3, -0.25) is 4.79 Å². The SMILES string of the molecule is C[C@H](NC(=O)CI)c1ccccc1. The summed E-state index contributed by atoms with van der Waals surface area (Å²) in [7, 11) is 0. The van der Waals surface area contributed by atoms with E-state index in [0.717, 1.165) is 5.56 Å². The summed E-state index contributed by atoms with van der Waals surface area (Å²) in [6.45, 7) is 1.99. The fourth-order valence-corrected chi connectivity index (χ4v) is 1.33. The smallest absolute Gasteiger partial charge is 0.230 e. The first-order valence-electron chi connectivity index (χ1n) is 4.14. The average molecular weight is 289 g/mol. The van der Waals surface area contributed by atoms with Gasteiger partial charge >= 0.3 is 0 Å². The molecule has 1 aromatic carbocycles. The maximum atomic E-state index is 11.1. The molecular formula is C10H12INO. The molecule has 0 unspecified atom stereocenters. The van der Waals surface area contributed by atoms with Crippen molar-refractivity contribution in [3.63, 3.8) is 0 Å². The van der Waals surface area contributed by atoms with E-state index in [4.69, 9.17) is 0 Å². The highest BCUT2D eigenvalue weighted by Gasteiger charge is 2.06. The summed E-state index contributed by atoms with van der Waals surface area (Å²) in [5, 5.41) is 2.90. The summed E-state index contributed by atoms with van der Waals surface area (Å²) in [5.41, 5.74) is 1.14. The lowest BCUT2D eigenvalue weighted by molar-refractivity contribution is -0.118. The van der Waals surface area contributed by atoms with Gasteiger partial charge in [0.2, 0.25) is 5.91 Å². The highest BCUT2D eigenvalue weighted by molar-refractivity contribution is 14.1. The molecule has 0 aliphatic carbocycles. The molecule has 0 bridgehead atoms. The molecule has 0 aliphatic rings. The molecule has 70 valence electrons. The standard InChI is InChI=1S/C10H12INO/c1-8(12-10(13)7-11)9-5-3-2-4-6-9/h2-6,8H,7H2,1H3,(H,12,13)/t8-/m0/s1. The first-order valence-corrected chi connectivity index (χ1v) is 5.67. The first kappa shape index (κ1) is 10.5. The summed E-state index contributed by atoms with van der Waals surface area (Å²) in [5.74, 6) is 0.0805. The molecule has 1 rings (SSSR count). The van der Waals surface area contributed by atoms with Crippen LogP contribution in [0.15, 0.2) is 30.3 Å². The van der Waals surface area contributed by atoms with E-state index in [-0.39, 0.29) is 11.9 Å². The number of benzene rings is 1. The van der Waals surface area contributed by atoms with Gasteiger partial charge in [-0.1, -0.05) is 52.9 Å². The Balaban J connectivity index is 2.59. The number of halogens is 1. The molecule has 0 aliphatic heterocycles. The van der Waals surface area contributed by atoms with Crippen LogP contribution in [0.5, 0.6) is 0 Å². The zero-order valence-electron chi connectivity index (χ0n) is 7.46. The Morgan fingerprint density at radius 2 is 2.08 bits per heavy atom. The molecule has 1 atom stereocenters. The number of amides is 1. The van der Waals surface area contributed by atoms with Crippen molar-refractivity contribution in [2.75, 3.05) is 4.43 Å². The zero-order chi connectivity index (χ0) is 9.68. The van der Waals surface area contributed by atoms with Gasteiger partial charge in [-0.05, 0) is 12.5 Å². The molecule has 0 saturated heterocycles. The van der Waals surface area contributed by atoms with Crippen molar-refractivity contribution in [3.8, 4) is 0 Å². The molecular weight excluding hydrogens is 277 g/mol. The van der Waals surface area contributed by atoms with Gasteiger partial charge in [0.25, 0.3) is 0 Å². The van der Waals surface area contributed by atoms with Gasteiger partial charge in [0.1, 0.15) is 0 Å². The molecule has 1 aromatic rings. The minimum atomic E-state index is 0.0805. The second-order valence-corrected chi connectivity index (χ2v) is 3.60. The van der Waals surface area contributed by atoms with Crippen LogP contribution in [0.2, 0.25) is 0 Å². The molecule has 0 radical (unpaired) electrons. The van der Waals surface area contributed by atoms with Crippen LogP contribution in [0.4, 0.5) is 0 Å². The summed E-state index contributed by atoms with van der Waals surface area (Å²) < 4.78 is 0.509. The van der Waals surface area contributed by atoms with Crippen molar-refractivity contribution in [1.29, 1.82) is 0 Å². The second-order valence-electron chi connectivity index (χ2n) is 2.83. The van der Waals surface area contributed by atoms with Gasteiger partial charge in [-0.15, -0.1) is 0 Å². The zero-order valence-corrected chi connectivity index (χ0v) is 9.61. The molecule has 13 heavy (non-hydrogen) atoms. The van der Waals surface area contributed by atoms with Crippen LogP contribution < -0.4 is 5.32 Å². The average Bonchev–Trinajstić information content (AvgIpc) is 2.19. The van der Waals surface area contributed by atoms with Gasteiger partial charge in [-0.2, -0.15) is 0 Å². The maximum Gasteiger partial charge on any atom is 0.230 e. The van der Waals surface area contributed by atoms with Crippen molar-refractivity contribution in [2.24, 2.45) is 0 Å². The van der Waals surface area contributed by atoms with Crippen molar-refractivity contribution < 1.29 is 4.79 Å². The third kappa shape index (κ3) is 3.34. The Morgan fingerprint density at radius 3 is 2.62 bits per heavy atom. The van der Waals surface area contributed by atoms with E-state index in [9.17, 15) is 4.79 Å². The van der Waals surface area contributed by atoms with Crippen molar-refractivity contribution >= 4 is 28.5 Å². The lowest BCUT2D eigenvalue weighted by Gasteiger charge is -2.12. The minimum Gasteiger partial charge on any atom is -0.349 e. The topological polar surface area (TPSA) is 29.1 Å². The third-order valence-corrected chi connectivity index (χ3v) is 2.49. The molecule has 0 fully saturated rings. The van der Waals surface area contributed by atoms with Gasteiger partial charge < -0.3 is 5.32 Å².